The fourth-order valence-corrected chi connectivity index (χ4v) is 0.611. The van der Waals surface area contributed by atoms with E-state index in [9.17, 15) is 0 Å². The first-order valence-electron chi connectivity index (χ1n) is 2.29. The van der Waals surface area contributed by atoms with Crippen LogP contribution in [0.3, 0.4) is 0 Å². The number of thiol groups is 1. The van der Waals surface area contributed by atoms with Gasteiger partial charge < -0.3 is 5.73 Å². The molecule has 0 bridgehead atoms. The molecule has 0 aliphatic rings. The molecule has 0 saturated carbocycles. The van der Waals surface area contributed by atoms with Crippen molar-refractivity contribution < 1.29 is 0 Å². The summed E-state index contributed by atoms with van der Waals surface area (Å²) in [6.45, 7) is 0. The number of benzene rings is 1. The maximum absolute atomic E-state index is 7.06. The minimum atomic E-state index is 0.530. The average molecular weight is 124 g/mol. The smallest absolute Gasteiger partial charge is 0.0540 e. The molecule has 0 spiro atoms. The lowest BCUT2D eigenvalue weighted by molar-refractivity contribution is 1.41. The van der Waals surface area contributed by atoms with Crippen molar-refractivity contribution in [2.75, 3.05) is 0 Å². The Bertz CT molecular complexity index is 147. The first kappa shape index (κ1) is 5.51. The molecule has 0 fully saturated rings. The Morgan fingerprint density at radius 1 is 1.12 bits per heavy atom. The van der Waals surface area contributed by atoms with Crippen LogP contribution in [-0.2, 0) is 0 Å². The maximum atomic E-state index is 7.06. The first-order valence-corrected chi connectivity index (χ1v) is 2.74. The summed E-state index contributed by atoms with van der Waals surface area (Å²) in [4.78, 5) is 0.904. The van der Waals surface area contributed by atoms with Crippen LogP contribution in [0.25, 0.3) is 0 Å². The van der Waals surface area contributed by atoms with Crippen molar-refractivity contribution in [3.8, 4) is 0 Å². The molecule has 1 N–H and O–H groups in total. The third-order valence-electron chi connectivity index (χ3n) is 0.867. The van der Waals surface area contributed by atoms with E-state index in [0.717, 1.165) is 4.90 Å². The van der Waals surface area contributed by atoms with E-state index in [0.29, 0.717) is 5.69 Å². The molecule has 1 rings (SSSR count). The largest absolute Gasteiger partial charge is 0.301 e. The lowest BCUT2D eigenvalue weighted by Gasteiger charge is -1.88. The van der Waals surface area contributed by atoms with Crippen LogP contribution < -0.4 is 5.73 Å². The molecule has 1 radical (unpaired) electrons. The van der Waals surface area contributed by atoms with E-state index in [4.69, 9.17) is 5.73 Å². The second kappa shape index (κ2) is 2.09. The lowest BCUT2D eigenvalue weighted by Crippen LogP contribution is -1.66. The van der Waals surface area contributed by atoms with Crippen molar-refractivity contribution >= 4 is 18.3 Å². The fraction of sp³-hybridized carbons (Fsp3) is 0. The van der Waals surface area contributed by atoms with Gasteiger partial charge in [0.2, 0.25) is 0 Å². The van der Waals surface area contributed by atoms with Gasteiger partial charge in [-0.15, -0.1) is 12.6 Å². The van der Waals surface area contributed by atoms with Crippen LogP contribution in [-0.4, -0.2) is 0 Å². The molecule has 0 amide bonds. The Hall–Kier alpha value is -0.630. The molecule has 0 aliphatic heterocycles. The summed E-state index contributed by atoms with van der Waals surface area (Å²) >= 11 is 4.05. The van der Waals surface area contributed by atoms with Crippen molar-refractivity contribution in [3.63, 3.8) is 0 Å². The van der Waals surface area contributed by atoms with E-state index < -0.39 is 0 Å². The highest BCUT2D eigenvalue weighted by Gasteiger charge is 1.81. The fourth-order valence-electron chi connectivity index (χ4n) is 0.461. The number of rotatable bonds is 0. The molecule has 8 heavy (non-hydrogen) atoms. The van der Waals surface area contributed by atoms with Gasteiger partial charge in [-0.05, 0) is 24.3 Å². The van der Waals surface area contributed by atoms with Crippen LogP contribution in [0, 0.1) is 0 Å². The second-order valence-electron chi connectivity index (χ2n) is 1.55. The van der Waals surface area contributed by atoms with Crippen LogP contribution in [0.4, 0.5) is 5.69 Å². The predicted molar refractivity (Wildman–Crippen MR) is 36.5 cm³/mol. The Kier molecular flexibility index (Phi) is 1.44. The zero-order valence-corrected chi connectivity index (χ0v) is 5.15. The summed E-state index contributed by atoms with van der Waals surface area (Å²) in [7, 11) is 0. The topological polar surface area (TPSA) is 23.8 Å². The van der Waals surface area contributed by atoms with E-state index in [2.05, 4.69) is 12.6 Å². The third-order valence-corrected chi connectivity index (χ3v) is 1.17. The number of hydrogen-bond donors (Lipinski definition) is 1. The van der Waals surface area contributed by atoms with Gasteiger partial charge in [-0.1, -0.05) is 0 Å². The van der Waals surface area contributed by atoms with Gasteiger partial charge in [0.15, 0.2) is 0 Å². The molecule has 0 heterocycles. The van der Waals surface area contributed by atoms with Gasteiger partial charge in [0.05, 0.1) is 5.69 Å². The Morgan fingerprint density at radius 3 is 2.00 bits per heavy atom. The second-order valence-corrected chi connectivity index (χ2v) is 2.06. The highest BCUT2D eigenvalue weighted by molar-refractivity contribution is 7.80. The van der Waals surface area contributed by atoms with Crippen molar-refractivity contribution in [3.05, 3.63) is 24.3 Å². The molecule has 0 aromatic heterocycles. The van der Waals surface area contributed by atoms with Crippen LogP contribution in [0.15, 0.2) is 29.2 Å². The van der Waals surface area contributed by atoms with Gasteiger partial charge in [0.25, 0.3) is 0 Å². The normalized spacial score (nSPS) is 9.12. The monoisotopic (exact) mass is 124 g/mol. The molecule has 0 unspecified atom stereocenters. The highest BCUT2D eigenvalue weighted by atomic mass is 32.1. The van der Waals surface area contributed by atoms with Crippen molar-refractivity contribution in [1.82, 2.24) is 5.73 Å². The summed E-state index contributed by atoms with van der Waals surface area (Å²) in [5.74, 6) is 0. The molecular formula is C6H6NS. The average Bonchev–Trinajstić information content (AvgIpc) is 1.77. The molecule has 2 heteroatoms. The number of hydrogen-bond acceptors (Lipinski definition) is 1. The van der Waals surface area contributed by atoms with Gasteiger partial charge >= 0.3 is 0 Å². The quantitative estimate of drug-likeness (QED) is 0.511. The van der Waals surface area contributed by atoms with Gasteiger partial charge in [0.1, 0.15) is 0 Å². The zero-order valence-electron chi connectivity index (χ0n) is 4.26. The lowest BCUT2D eigenvalue weighted by atomic mass is 10.3. The molecule has 0 saturated heterocycles. The van der Waals surface area contributed by atoms with E-state index in [1.54, 1.807) is 24.3 Å². The molecule has 1 aromatic carbocycles. The van der Waals surface area contributed by atoms with E-state index in [1.807, 2.05) is 0 Å². The van der Waals surface area contributed by atoms with E-state index >= 15 is 0 Å². The minimum absolute atomic E-state index is 0.530. The summed E-state index contributed by atoms with van der Waals surface area (Å²) in [5, 5.41) is 0. The Labute approximate surface area is 53.9 Å². The van der Waals surface area contributed by atoms with Crippen LogP contribution >= 0.6 is 12.6 Å². The van der Waals surface area contributed by atoms with Crippen LogP contribution in [0.1, 0.15) is 0 Å². The molecule has 0 atom stereocenters. The van der Waals surface area contributed by atoms with Crippen LogP contribution in [0.5, 0.6) is 0 Å². The molecule has 1 nitrogen and oxygen atoms in total. The summed E-state index contributed by atoms with van der Waals surface area (Å²) in [6.07, 6.45) is 0. The van der Waals surface area contributed by atoms with Gasteiger partial charge in [-0.25, -0.2) is 0 Å². The Morgan fingerprint density at radius 2 is 1.62 bits per heavy atom. The highest BCUT2D eigenvalue weighted by Crippen LogP contribution is 2.08. The summed E-state index contributed by atoms with van der Waals surface area (Å²) in [6, 6.07) is 7.02. The van der Waals surface area contributed by atoms with Crippen molar-refractivity contribution in [1.29, 1.82) is 0 Å². The van der Waals surface area contributed by atoms with Crippen LogP contribution in [0.2, 0.25) is 0 Å². The minimum Gasteiger partial charge on any atom is -0.301 e. The zero-order chi connectivity index (χ0) is 5.98. The van der Waals surface area contributed by atoms with Gasteiger partial charge in [0, 0.05) is 4.90 Å². The SMILES string of the molecule is [NH]c1ccc(S)cc1. The van der Waals surface area contributed by atoms with Gasteiger partial charge in [-0.2, -0.15) is 0 Å². The maximum Gasteiger partial charge on any atom is 0.0540 e. The van der Waals surface area contributed by atoms with Crippen molar-refractivity contribution in [2.45, 2.75) is 4.90 Å². The third kappa shape index (κ3) is 1.17. The summed E-state index contributed by atoms with van der Waals surface area (Å²) in [5.41, 5.74) is 7.59. The Balaban J connectivity index is 3.03. The standard InChI is InChI=1S/C6H6NS/c7-5-1-3-6(8)4-2-5/h1-4,7-8H. The van der Waals surface area contributed by atoms with E-state index in [1.165, 1.54) is 0 Å². The summed E-state index contributed by atoms with van der Waals surface area (Å²) < 4.78 is 0. The molecule has 41 valence electrons. The van der Waals surface area contributed by atoms with Crippen molar-refractivity contribution in [2.24, 2.45) is 0 Å². The first-order chi connectivity index (χ1) is 3.79. The predicted octanol–water partition coefficient (Wildman–Crippen LogP) is 1.89. The molecule has 1 aromatic rings. The van der Waals surface area contributed by atoms with Gasteiger partial charge in [-0.3, -0.25) is 0 Å². The number of nitrogens with one attached hydrogen (secondary N) is 1. The molecule has 0 aliphatic carbocycles. The molecular weight excluding hydrogens is 118 g/mol. The van der Waals surface area contributed by atoms with E-state index in [-0.39, 0.29) is 0 Å².